The molecule has 0 heterocycles. The van der Waals surface area contributed by atoms with Crippen molar-refractivity contribution in [3.63, 3.8) is 0 Å². The number of nitrogens with one attached hydrogen (secondary N) is 2. The number of amides is 2. The van der Waals surface area contributed by atoms with Crippen molar-refractivity contribution >= 4 is 34.8 Å². The van der Waals surface area contributed by atoms with Crippen LogP contribution < -0.4 is 10.6 Å². The number of anilines is 2. The highest BCUT2D eigenvalue weighted by Gasteiger charge is 2.15. The van der Waals surface area contributed by atoms with Crippen LogP contribution in [0, 0.1) is 11.6 Å². The van der Waals surface area contributed by atoms with Gasteiger partial charge in [0.05, 0.1) is 10.6 Å². The normalized spacial score (nSPS) is 10.2. The van der Waals surface area contributed by atoms with Crippen LogP contribution in [0.1, 0.15) is 17.3 Å². The lowest BCUT2D eigenvalue weighted by Gasteiger charge is -2.08. The third-order valence-electron chi connectivity index (χ3n) is 2.72. The van der Waals surface area contributed by atoms with Gasteiger partial charge in [-0.25, -0.2) is 8.78 Å². The zero-order valence-corrected chi connectivity index (χ0v) is 12.2. The summed E-state index contributed by atoms with van der Waals surface area (Å²) in [6, 6.07) is 7.76. The number of hydrogen-bond donors (Lipinski definition) is 2. The van der Waals surface area contributed by atoms with E-state index in [-0.39, 0.29) is 16.5 Å². The Bertz CT molecular complexity index is 733. The van der Waals surface area contributed by atoms with Crippen LogP contribution in [-0.2, 0) is 4.79 Å². The molecular weight excluding hydrogens is 314 g/mol. The van der Waals surface area contributed by atoms with Crippen molar-refractivity contribution in [2.45, 2.75) is 6.92 Å². The van der Waals surface area contributed by atoms with Gasteiger partial charge in [0.1, 0.15) is 0 Å². The third-order valence-corrected chi connectivity index (χ3v) is 3.03. The highest BCUT2D eigenvalue weighted by molar-refractivity contribution is 6.34. The van der Waals surface area contributed by atoms with E-state index in [1.54, 1.807) is 24.3 Å². The van der Waals surface area contributed by atoms with Gasteiger partial charge in [-0.2, -0.15) is 0 Å². The molecule has 7 heteroatoms. The molecule has 2 amide bonds. The quantitative estimate of drug-likeness (QED) is 0.843. The Morgan fingerprint density at radius 2 is 1.45 bits per heavy atom. The minimum Gasteiger partial charge on any atom is -0.326 e. The van der Waals surface area contributed by atoms with Crippen LogP contribution in [0.25, 0.3) is 0 Å². The van der Waals surface area contributed by atoms with Gasteiger partial charge < -0.3 is 10.6 Å². The van der Waals surface area contributed by atoms with E-state index in [1.165, 1.54) is 6.92 Å². The van der Waals surface area contributed by atoms with Gasteiger partial charge in [0.2, 0.25) is 5.91 Å². The van der Waals surface area contributed by atoms with E-state index in [9.17, 15) is 18.4 Å². The smallest absolute Gasteiger partial charge is 0.257 e. The van der Waals surface area contributed by atoms with Crippen molar-refractivity contribution in [2.24, 2.45) is 0 Å². The summed E-state index contributed by atoms with van der Waals surface area (Å²) in [6.45, 7) is 1.38. The van der Waals surface area contributed by atoms with E-state index in [4.69, 9.17) is 11.6 Å². The Morgan fingerprint density at radius 1 is 0.955 bits per heavy atom. The summed E-state index contributed by atoms with van der Waals surface area (Å²) in [7, 11) is 0. The molecule has 0 saturated heterocycles. The Morgan fingerprint density at radius 3 is 2.00 bits per heavy atom. The molecule has 0 saturated carbocycles. The number of carbonyl (C=O) groups is 2. The molecule has 0 aliphatic carbocycles. The summed E-state index contributed by atoms with van der Waals surface area (Å²) in [4.78, 5) is 22.9. The molecule has 0 spiro atoms. The fraction of sp³-hybridized carbons (Fsp3) is 0.0667. The van der Waals surface area contributed by atoms with Crippen LogP contribution in [0.15, 0.2) is 36.4 Å². The molecule has 2 rings (SSSR count). The van der Waals surface area contributed by atoms with Crippen molar-refractivity contribution in [1.29, 1.82) is 0 Å². The summed E-state index contributed by atoms with van der Waals surface area (Å²) in [5.41, 5.74) is 0.808. The SMILES string of the molecule is CC(=O)Nc1ccc(NC(=O)c2cc(F)c(F)cc2Cl)cc1. The molecule has 0 bridgehead atoms. The maximum Gasteiger partial charge on any atom is 0.257 e. The summed E-state index contributed by atoms with van der Waals surface area (Å²) < 4.78 is 26.2. The number of benzene rings is 2. The second-order valence-corrected chi connectivity index (χ2v) is 4.87. The fourth-order valence-corrected chi connectivity index (χ4v) is 1.97. The van der Waals surface area contributed by atoms with E-state index in [0.29, 0.717) is 11.4 Å². The largest absolute Gasteiger partial charge is 0.326 e. The van der Waals surface area contributed by atoms with Gasteiger partial charge in [0.15, 0.2) is 11.6 Å². The lowest BCUT2D eigenvalue weighted by atomic mass is 10.2. The van der Waals surface area contributed by atoms with E-state index >= 15 is 0 Å². The van der Waals surface area contributed by atoms with Gasteiger partial charge in [-0.3, -0.25) is 9.59 Å². The first-order valence-electron chi connectivity index (χ1n) is 6.20. The highest BCUT2D eigenvalue weighted by atomic mass is 35.5. The van der Waals surface area contributed by atoms with Crippen molar-refractivity contribution in [3.05, 3.63) is 58.6 Å². The molecule has 2 N–H and O–H groups in total. The monoisotopic (exact) mass is 324 g/mol. The summed E-state index contributed by atoms with van der Waals surface area (Å²) in [6.07, 6.45) is 0. The van der Waals surface area contributed by atoms with Crippen LogP contribution in [-0.4, -0.2) is 11.8 Å². The molecular formula is C15H11ClF2N2O2. The minimum absolute atomic E-state index is 0.175. The van der Waals surface area contributed by atoms with Gasteiger partial charge in [-0.05, 0) is 36.4 Å². The third kappa shape index (κ3) is 3.79. The first-order chi connectivity index (χ1) is 10.4. The first kappa shape index (κ1) is 15.9. The van der Waals surface area contributed by atoms with E-state index in [2.05, 4.69) is 10.6 Å². The van der Waals surface area contributed by atoms with Crippen molar-refractivity contribution in [1.82, 2.24) is 0 Å². The van der Waals surface area contributed by atoms with E-state index in [1.807, 2.05) is 0 Å². The molecule has 2 aromatic carbocycles. The number of halogens is 3. The Labute approximate surface area is 130 Å². The molecule has 0 radical (unpaired) electrons. The van der Waals surface area contributed by atoms with Crippen LogP contribution in [0.5, 0.6) is 0 Å². The molecule has 0 unspecified atom stereocenters. The molecule has 2 aromatic rings. The molecule has 0 aliphatic rings. The number of rotatable bonds is 3. The van der Waals surface area contributed by atoms with Crippen LogP contribution in [0.4, 0.5) is 20.2 Å². The van der Waals surface area contributed by atoms with Crippen molar-refractivity contribution in [3.8, 4) is 0 Å². The standard InChI is InChI=1S/C15H11ClF2N2O2/c1-8(21)19-9-2-4-10(5-3-9)20-15(22)11-6-13(17)14(18)7-12(11)16/h2-7H,1H3,(H,19,21)(H,20,22). The van der Waals surface area contributed by atoms with E-state index < -0.39 is 17.5 Å². The predicted molar refractivity (Wildman–Crippen MR) is 80.1 cm³/mol. The lowest BCUT2D eigenvalue weighted by Crippen LogP contribution is -2.13. The summed E-state index contributed by atoms with van der Waals surface area (Å²) in [5, 5.41) is 4.89. The molecule has 0 aliphatic heterocycles. The maximum absolute atomic E-state index is 13.2. The van der Waals surface area contributed by atoms with Gasteiger partial charge in [0, 0.05) is 18.3 Å². The Hall–Kier alpha value is -2.47. The Balaban J connectivity index is 2.15. The van der Waals surface area contributed by atoms with Crippen LogP contribution in [0.3, 0.4) is 0 Å². The average Bonchev–Trinajstić information content (AvgIpc) is 2.44. The molecule has 0 atom stereocenters. The van der Waals surface area contributed by atoms with Gasteiger partial charge in [-0.1, -0.05) is 11.6 Å². The van der Waals surface area contributed by atoms with Gasteiger partial charge in [0.25, 0.3) is 5.91 Å². The molecule has 0 fully saturated rings. The topological polar surface area (TPSA) is 58.2 Å². The number of hydrogen-bond acceptors (Lipinski definition) is 2. The predicted octanol–water partition coefficient (Wildman–Crippen LogP) is 3.83. The second kappa shape index (κ2) is 6.53. The molecule has 22 heavy (non-hydrogen) atoms. The van der Waals surface area contributed by atoms with Crippen LogP contribution in [0.2, 0.25) is 5.02 Å². The van der Waals surface area contributed by atoms with Crippen molar-refractivity contribution in [2.75, 3.05) is 10.6 Å². The minimum atomic E-state index is -1.16. The second-order valence-electron chi connectivity index (χ2n) is 4.46. The lowest BCUT2D eigenvalue weighted by molar-refractivity contribution is -0.114. The molecule has 114 valence electrons. The highest BCUT2D eigenvalue weighted by Crippen LogP contribution is 2.22. The zero-order valence-electron chi connectivity index (χ0n) is 11.4. The summed E-state index contributed by atoms with van der Waals surface area (Å²) in [5.74, 6) is -3.17. The molecule has 0 aromatic heterocycles. The fourth-order valence-electron chi connectivity index (χ4n) is 1.74. The zero-order chi connectivity index (χ0) is 16.3. The van der Waals surface area contributed by atoms with Gasteiger partial charge >= 0.3 is 0 Å². The van der Waals surface area contributed by atoms with Gasteiger partial charge in [-0.15, -0.1) is 0 Å². The van der Waals surface area contributed by atoms with Crippen molar-refractivity contribution < 1.29 is 18.4 Å². The molecule has 4 nitrogen and oxygen atoms in total. The first-order valence-corrected chi connectivity index (χ1v) is 6.58. The Kier molecular flexibility index (Phi) is 4.72. The van der Waals surface area contributed by atoms with E-state index in [0.717, 1.165) is 12.1 Å². The van der Waals surface area contributed by atoms with Crippen LogP contribution >= 0.6 is 11.6 Å². The average molecular weight is 325 g/mol. The number of carbonyl (C=O) groups excluding carboxylic acids is 2. The maximum atomic E-state index is 13.2. The summed E-state index contributed by atoms with van der Waals surface area (Å²) >= 11 is 5.73.